The third kappa shape index (κ3) is 70.8. The van der Waals surface area contributed by atoms with Crippen LogP contribution in [0.3, 0.4) is 0 Å². The molecule has 0 bridgehead atoms. The third-order valence-electron chi connectivity index (χ3n) is 17.8. The van der Waals surface area contributed by atoms with Crippen molar-refractivity contribution < 1.29 is 24.5 Å². The first-order valence-electron chi connectivity index (χ1n) is 38.4. The van der Waals surface area contributed by atoms with E-state index >= 15 is 0 Å². The van der Waals surface area contributed by atoms with Crippen LogP contribution >= 0.6 is 0 Å². The maximum absolute atomic E-state index is 12.5. The van der Waals surface area contributed by atoms with Crippen molar-refractivity contribution in [2.45, 2.75) is 431 Å². The fourth-order valence-electron chi connectivity index (χ4n) is 12.0. The van der Waals surface area contributed by atoms with E-state index in [1.165, 1.54) is 340 Å². The number of carbonyl (C=O) groups excluding carboxylic acids is 2. The fourth-order valence-corrected chi connectivity index (χ4v) is 12.0. The number of esters is 1. The van der Waals surface area contributed by atoms with Crippen LogP contribution in [-0.4, -0.2) is 47.4 Å². The zero-order valence-corrected chi connectivity index (χ0v) is 57.4. The summed E-state index contributed by atoms with van der Waals surface area (Å²) in [4.78, 5) is 24.7. The van der Waals surface area contributed by atoms with E-state index in [4.69, 9.17) is 4.74 Å². The average molecular weight is 1190 g/mol. The van der Waals surface area contributed by atoms with E-state index in [9.17, 15) is 19.8 Å². The van der Waals surface area contributed by atoms with E-state index in [0.29, 0.717) is 19.4 Å². The van der Waals surface area contributed by atoms with Gasteiger partial charge in [-0.1, -0.05) is 364 Å². The lowest BCUT2D eigenvalue weighted by Gasteiger charge is -2.20. The summed E-state index contributed by atoms with van der Waals surface area (Å²) in [5, 5.41) is 23.3. The molecule has 0 aromatic carbocycles. The van der Waals surface area contributed by atoms with Crippen molar-refractivity contribution in [3.05, 3.63) is 48.6 Å². The van der Waals surface area contributed by atoms with E-state index in [1.54, 1.807) is 6.08 Å². The molecule has 0 saturated heterocycles. The number of aliphatic hydroxyl groups is 2. The summed E-state index contributed by atoms with van der Waals surface area (Å²) in [5.41, 5.74) is 0. The quantitative estimate of drug-likeness (QED) is 0.0320. The zero-order valence-electron chi connectivity index (χ0n) is 57.4. The Balaban J connectivity index is 3.39. The number of aliphatic hydroxyl groups excluding tert-OH is 2. The van der Waals surface area contributed by atoms with Crippen molar-refractivity contribution in [2.24, 2.45) is 0 Å². The van der Waals surface area contributed by atoms with E-state index in [2.05, 4.69) is 55.6 Å². The second-order valence-corrected chi connectivity index (χ2v) is 26.3. The van der Waals surface area contributed by atoms with Crippen LogP contribution in [0.2, 0.25) is 0 Å². The Hall–Kier alpha value is -2.18. The number of hydrogen-bond acceptors (Lipinski definition) is 5. The third-order valence-corrected chi connectivity index (χ3v) is 17.8. The highest BCUT2D eigenvalue weighted by molar-refractivity contribution is 5.76. The normalized spacial score (nSPS) is 12.8. The summed E-state index contributed by atoms with van der Waals surface area (Å²) in [5.74, 6) is -0.0507. The minimum atomic E-state index is -0.845. The molecule has 500 valence electrons. The topological polar surface area (TPSA) is 95.9 Å². The molecular weight excluding hydrogens is 1040 g/mol. The van der Waals surface area contributed by atoms with E-state index in [0.717, 1.165) is 51.4 Å². The molecule has 0 radical (unpaired) electrons. The van der Waals surface area contributed by atoms with Crippen LogP contribution < -0.4 is 5.32 Å². The zero-order chi connectivity index (χ0) is 61.3. The van der Waals surface area contributed by atoms with Gasteiger partial charge >= 0.3 is 5.97 Å². The lowest BCUT2D eigenvalue weighted by Crippen LogP contribution is -2.45. The monoisotopic (exact) mass is 1190 g/mol. The molecule has 0 aliphatic heterocycles. The van der Waals surface area contributed by atoms with Crippen LogP contribution in [0.4, 0.5) is 0 Å². The van der Waals surface area contributed by atoms with Gasteiger partial charge < -0.3 is 20.3 Å². The van der Waals surface area contributed by atoms with Crippen molar-refractivity contribution in [2.75, 3.05) is 13.2 Å². The molecule has 0 aliphatic carbocycles. The van der Waals surface area contributed by atoms with Crippen LogP contribution in [0.1, 0.15) is 418 Å². The Morgan fingerprint density at radius 1 is 0.329 bits per heavy atom. The molecular formula is C79H149NO5. The minimum Gasteiger partial charge on any atom is -0.466 e. The smallest absolute Gasteiger partial charge is 0.305 e. The Kier molecular flexibility index (Phi) is 72.4. The van der Waals surface area contributed by atoms with Crippen LogP contribution in [-0.2, 0) is 14.3 Å². The number of amides is 1. The second kappa shape index (κ2) is 74.3. The largest absolute Gasteiger partial charge is 0.466 e. The second-order valence-electron chi connectivity index (χ2n) is 26.3. The van der Waals surface area contributed by atoms with Crippen molar-refractivity contribution in [1.29, 1.82) is 0 Å². The number of hydrogen-bond donors (Lipinski definition) is 3. The fraction of sp³-hybridized carbons (Fsp3) is 0.873. The van der Waals surface area contributed by atoms with Crippen LogP contribution in [0, 0.1) is 0 Å². The maximum Gasteiger partial charge on any atom is 0.305 e. The van der Waals surface area contributed by atoms with Crippen LogP contribution in [0.15, 0.2) is 48.6 Å². The highest BCUT2D eigenvalue weighted by Gasteiger charge is 2.18. The lowest BCUT2D eigenvalue weighted by atomic mass is 10.0. The minimum absolute atomic E-state index is 0.0128. The highest BCUT2D eigenvalue weighted by Crippen LogP contribution is 2.19. The van der Waals surface area contributed by atoms with Crippen molar-refractivity contribution in [3.63, 3.8) is 0 Å². The lowest BCUT2D eigenvalue weighted by molar-refractivity contribution is -0.143. The van der Waals surface area contributed by atoms with Gasteiger partial charge in [0.05, 0.1) is 25.4 Å². The molecule has 2 unspecified atom stereocenters. The van der Waals surface area contributed by atoms with Gasteiger partial charge in [-0.05, 0) is 89.9 Å². The first-order valence-corrected chi connectivity index (χ1v) is 38.4. The Labute approximate surface area is 531 Å². The van der Waals surface area contributed by atoms with Crippen LogP contribution in [0.25, 0.3) is 0 Å². The van der Waals surface area contributed by atoms with Gasteiger partial charge in [-0.3, -0.25) is 9.59 Å². The van der Waals surface area contributed by atoms with Crippen molar-refractivity contribution in [1.82, 2.24) is 5.32 Å². The van der Waals surface area contributed by atoms with E-state index in [1.807, 2.05) is 6.08 Å². The molecule has 0 aromatic heterocycles. The van der Waals surface area contributed by atoms with Gasteiger partial charge in [0, 0.05) is 12.8 Å². The summed E-state index contributed by atoms with van der Waals surface area (Å²) in [6, 6.07) is -0.629. The highest BCUT2D eigenvalue weighted by atomic mass is 16.5. The SMILES string of the molecule is CCCCC/C=C\C/C=C\CCCCCCCCCCCC(=O)OCCCCCCCCCCCCCC/C=C\CCCCCCCCCCCCCCCC(=O)NC(CO)C(O)/C=C/CCCCCCCCCCCCCCCCCCCC. The first-order chi connectivity index (χ1) is 42.0. The van der Waals surface area contributed by atoms with Gasteiger partial charge in [-0.25, -0.2) is 0 Å². The van der Waals surface area contributed by atoms with Gasteiger partial charge in [0.2, 0.25) is 5.91 Å². The van der Waals surface area contributed by atoms with Gasteiger partial charge in [0.15, 0.2) is 0 Å². The molecule has 0 fully saturated rings. The van der Waals surface area contributed by atoms with Crippen molar-refractivity contribution >= 4 is 11.9 Å². The Bertz CT molecular complexity index is 1420. The number of unbranched alkanes of at least 4 members (excludes halogenated alkanes) is 55. The summed E-state index contributed by atoms with van der Waals surface area (Å²) < 4.78 is 5.51. The molecule has 0 rings (SSSR count). The molecule has 0 aromatic rings. The standard InChI is InChI=1S/C79H149NO5/c1-3-5-7-9-11-13-15-17-19-21-23-36-39-43-47-51-55-59-63-67-71-77(82)76(75-81)80-78(83)72-68-64-60-56-52-48-44-40-37-33-31-29-27-25-24-26-28-30-32-34-38-42-46-50-54-58-62-66-70-74-85-79(84)73-69-65-61-57-53-49-45-41-35-22-20-18-16-14-12-10-8-6-4-2/h12,14,18,20,24,26,67,71,76-77,81-82H,3-11,13,15-17,19,21-23,25,27-66,68-70,72-75H2,1-2H3,(H,80,83)/b14-12-,20-18-,26-24-,71-67+. The van der Waals surface area contributed by atoms with Crippen LogP contribution in [0.5, 0.6) is 0 Å². The molecule has 0 heterocycles. The number of ether oxygens (including phenoxy) is 1. The predicted molar refractivity (Wildman–Crippen MR) is 375 cm³/mol. The number of nitrogens with one attached hydrogen (secondary N) is 1. The molecule has 6 heteroatoms. The van der Waals surface area contributed by atoms with E-state index in [-0.39, 0.29) is 18.5 Å². The number of carbonyl (C=O) groups is 2. The summed E-state index contributed by atoms with van der Waals surface area (Å²) in [6.45, 7) is 4.92. The molecule has 85 heavy (non-hydrogen) atoms. The number of allylic oxidation sites excluding steroid dienone is 7. The Morgan fingerprint density at radius 2 is 0.588 bits per heavy atom. The average Bonchev–Trinajstić information content (AvgIpc) is 3.50. The van der Waals surface area contributed by atoms with Crippen molar-refractivity contribution in [3.8, 4) is 0 Å². The van der Waals surface area contributed by atoms with Gasteiger partial charge in [-0.15, -0.1) is 0 Å². The molecule has 0 aliphatic rings. The van der Waals surface area contributed by atoms with E-state index < -0.39 is 12.1 Å². The first kappa shape index (κ1) is 82.8. The van der Waals surface area contributed by atoms with Gasteiger partial charge in [-0.2, -0.15) is 0 Å². The summed E-state index contributed by atoms with van der Waals surface area (Å²) in [6.07, 6.45) is 97.8. The molecule has 0 spiro atoms. The summed E-state index contributed by atoms with van der Waals surface area (Å²) >= 11 is 0. The maximum atomic E-state index is 12.5. The molecule has 6 nitrogen and oxygen atoms in total. The Morgan fingerprint density at radius 3 is 0.929 bits per heavy atom. The predicted octanol–water partition coefficient (Wildman–Crippen LogP) is 25.2. The molecule has 1 amide bonds. The van der Waals surface area contributed by atoms with Gasteiger partial charge in [0.1, 0.15) is 0 Å². The molecule has 2 atom stereocenters. The number of rotatable bonds is 72. The molecule has 0 saturated carbocycles. The summed E-state index contributed by atoms with van der Waals surface area (Å²) in [7, 11) is 0. The molecule has 3 N–H and O–H groups in total. The van der Waals surface area contributed by atoms with Gasteiger partial charge in [0.25, 0.3) is 0 Å².